The molecular formula is C25H25ClO4. The second kappa shape index (κ2) is 11.0. The van der Waals surface area contributed by atoms with Crippen LogP contribution in [-0.2, 0) is 0 Å². The van der Waals surface area contributed by atoms with E-state index in [1.54, 1.807) is 0 Å². The molecule has 0 radical (unpaired) electrons. The lowest BCUT2D eigenvalue weighted by Gasteiger charge is -2.17. The van der Waals surface area contributed by atoms with Crippen LogP contribution in [-0.4, -0.2) is 41.2 Å². The van der Waals surface area contributed by atoms with E-state index in [1.807, 2.05) is 78.9 Å². The maximum absolute atomic E-state index is 9.75. The molecule has 0 heterocycles. The smallest absolute Gasteiger partial charge is 0.119 e. The zero-order chi connectivity index (χ0) is 21.3. The highest BCUT2D eigenvalue weighted by Gasteiger charge is 2.14. The molecule has 0 fully saturated rings. The van der Waals surface area contributed by atoms with Crippen LogP contribution >= 0.6 is 11.6 Å². The van der Waals surface area contributed by atoms with Gasteiger partial charge < -0.3 is 20.1 Å². The number of benzene rings is 3. The Morgan fingerprint density at radius 2 is 1.40 bits per heavy atom. The topological polar surface area (TPSA) is 69.9 Å². The molecule has 5 heteroatoms. The summed E-state index contributed by atoms with van der Waals surface area (Å²) in [6.07, 6.45) is -0.411. The van der Waals surface area contributed by atoms with Gasteiger partial charge in [-0.2, -0.15) is 0 Å². The molecule has 0 aliphatic carbocycles. The average Bonchev–Trinajstić information content (AvgIpc) is 2.79. The molecule has 3 aromatic carbocycles. The van der Waals surface area contributed by atoms with E-state index in [1.165, 1.54) is 0 Å². The number of aliphatic hydroxyl groups is 3. The molecule has 0 saturated carbocycles. The molecule has 4 nitrogen and oxygen atoms in total. The summed E-state index contributed by atoms with van der Waals surface area (Å²) in [5, 5.41) is 28.8. The Kier molecular flexibility index (Phi) is 8.05. The van der Waals surface area contributed by atoms with Crippen molar-refractivity contribution in [3.05, 3.63) is 101 Å². The summed E-state index contributed by atoms with van der Waals surface area (Å²) in [5.74, 6) is 0.602. The molecule has 0 bridgehead atoms. The van der Waals surface area contributed by atoms with Crippen LogP contribution in [0.15, 0.2) is 78.9 Å². The molecule has 0 aromatic heterocycles. The molecule has 3 aromatic rings. The largest absolute Gasteiger partial charge is 0.491 e. The summed E-state index contributed by atoms with van der Waals surface area (Å²) in [5.41, 5.74) is 5.05. The third kappa shape index (κ3) is 5.71. The zero-order valence-electron chi connectivity index (χ0n) is 16.5. The van der Waals surface area contributed by atoms with E-state index in [9.17, 15) is 10.2 Å². The van der Waals surface area contributed by atoms with E-state index in [0.717, 1.165) is 27.8 Å². The Balaban J connectivity index is 2.06. The molecule has 30 heavy (non-hydrogen) atoms. The van der Waals surface area contributed by atoms with Crippen LogP contribution in [0.2, 0.25) is 5.02 Å². The van der Waals surface area contributed by atoms with Crippen LogP contribution in [0.3, 0.4) is 0 Å². The van der Waals surface area contributed by atoms with Gasteiger partial charge in [-0.05, 0) is 58.5 Å². The fourth-order valence-electron chi connectivity index (χ4n) is 3.26. The monoisotopic (exact) mass is 424 g/mol. The van der Waals surface area contributed by atoms with Gasteiger partial charge in [-0.3, -0.25) is 0 Å². The van der Waals surface area contributed by atoms with Gasteiger partial charge >= 0.3 is 0 Å². The first kappa shape index (κ1) is 22.1. The van der Waals surface area contributed by atoms with E-state index < -0.39 is 6.10 Å². The number of hydrogen-bond donors (Lipinski definition) is 3. The van der Waals surface area contributed by atoms with Crippen molar-refractivity contribution in [1.82, 2.24) is 0 Å². The van der Waals surface area contributed by atoms with Gasteiger partial charge in [-0.1, -0.05) is 66.2 Å². The second-order valence-electron chi connectivity index (χ2n) is 6.87. The highest BCUT2D eigenvalue weighted by molar-refractivity contribution is 6.30. The first-order valence-electron chi connectivity index (χ1n) is 9.80. The Bertz CT molecular complexity index is 951. The molecule has 0 aliphatic heterocycles. The van der Waals surface area contributed by atoms with Gasteiger partial charge in [0.05, 0.1) is 6.61 Å². The van der Waals surface area contributed by atoms with Crippen LogP contribution in [0.4, 0.5) is 0 Å². The summed E-state index contributed by atoms with van der Waals surface area (Å²) < 4.78 is 5.52. The highest BCUT2D eigenvalue weighted by Crippen LogP contribution is 2.35. The van der Waals surface area contributed by atoms with Gasteiger partial charge in [0.2, 0.25) is 0 Å². The molecular weight excluding hydrogens is 400 g/mol. The van der Waals surface area contributed by atoms with Crippen molar-refractivity contribution in [3.8, 4) is 5.75 Å². The van der Waals surface area contributed by atoms with Gasteiger partial charge in [0.25, 0.3) is 0 Å². The molecule has 0 saturated heterocycles. The van der Waals surface area contributed by atoms with E-state index in [0.29, 0.717) is 17.2 Å². The van der Waals surface area contributed by atoms with Crippen LogP contribution in [0, 0.1) is 0 Å². The predicted octanol–water partition coefficient (Wildman–Crippen LogP) is 4.41. The predicted molar refractivity (Wildman–Crippen MR) is 121 cm³/mol. The number of hydrogen-bond acceptors (Lipinski definition) is 4. The normalized spacial score (nSPS) is 12.9. The fourth-order valence-corrected chi connectivity index (χ4v) is 3.39. The summed E-state index contributed by atoms with van der Waals surface area (Å²) in [7, 11) is 0. The molecule has 156 valence electrons. The van der Waals surface area contributed by atoms with Crippen molar-refractivity contribution in [2.75, 3.05) is 19.8 Å². The van der Waals surface area contributed by atoms with Crippen molar-refractivity contribution >= 4 is 22.7 Å². The van der Waals surface area contributed by atoms with Gasteiger partial charge in [-0.15, -0.1) is 0 Å². The van der Waals surface area contributed by atoms with Gasteiger partial charge in [-0.25, -0.2) is 0 Å². The maximum atomic E-state index is 9.75. The van der Waals surface area contributed by atoms with E-state index >= 15 is 0 Å². The Labute approximate surface area is 181 Å². The summed E-state index contributed by atoms with van der Waals surface area (Å²) >= 11 is 6.10. The summed E-state index contributed by atoms with van der Waals surface area (Å²) in [6, 6.07) is 25.2. The Morgan fingerprint density at radius 3 is 1.97 bits per heavy atom. The van der Waals surface area contributed by atoms with Crippen molar-refractivity contribution in [1.29, 1.82) is 0 Å². The standard InChI is InChI=1S/C25H25ClO4/c26-21-10-6-19(7-11-21)25(24(14-15-27)18-4-2-1-3-5-18)20-8-12-23(13-9-20)30-17-22(29)16-28/h1-13,22,27-29H,14-17H2. The van der Waals surface area contributed by atoms with E-state index in [-0.39, 0.29) is 19.8 Å². The van der Waals surface area contributed by atoms with Crippen LogP contribution in [0.1, 0.15) is 23.1 Å². The molecule has 1 atom stereocenters. The van der Waals surface area contributed by atoms with E-state index in [2.05, 4.69) is 0 Å². The maximum Gasteiger partial charge on any atom is 0.119 e. The van der Waals surface area contributed by atoms with Crippen LogP contribution in [0.25, 0.3) is 11.1 Å². The minimum atomic E-state index is -0.913. The summed E-state index contributed by atoms with van der Waals surface area (Å²) in [4.78, 5) is 0. The second-order valence-corrected chi connectivity index (χ2v) is 7.31. The first-order chi connectivity index (χ1) is 14.6. The number of rotatable bonds is 9. The van der Waals surface area contributed by atoms with Gasteiger partial charge in [0.15, 0.2) is 0 Å². The third-order valence-electron chi connectivity index (χ3n) is 4.71. The van der Waals surface area contributed by atoms with Crippen molar-refractivity contribution in [3.63, 3.8) is 0 Å². The highest BCUT2D eigenvalue weighted by atomic mass is 35.5. The molecule has 0 spiro atoms. The third-order valence-corrected chi connectivity index (χ3v) is 4.97. The Hall–Kier alpha value is -2.63. The molecule has 3 N–H and O–H groups in total. The number of aliphatic hydroxyl groups excluding tert-OH is 3. The minimum absolute atomic E-state index is 0.0233. The molecule has 1 unspecified atom stereocenters. The first-order valence-corrected chi connectivity index (χ1v) is 10.2. The van der Waals surface area contributed by atoms with Crippen molar-refractivity contribution in [2.24, 2.45) is 0 Å². The van der Waals surface area contributed by atoms with E-state index in [4.69, 9.17) is 21.4 Å². The number of halogens is 1. The lowest BCUT2D eigenvalue weighted by atomic mass is 9.88. The van der Waals surface area contributed by atoms with Crippen molar-refractivity contribution in [2.45, 2.75) is 12.5 Å². The number of ether oxygens (including phenoxy) is 1. The lowest BCUT2D eigenvalue weighted by molar-refractivity contribution is 0.0536. The fraction of sp³-hybridized carbons (Fsp3) is 0.200. The average molecular weight is 425 g/mol. The molecule has 3 rings (SSSR count). The van der Waals surface area contributed by atoms with Crippen LogP contribution in [0.5, 0.6) is 5.75 Å². The quantitative estimate of drug-likeness (QED) is 0.445. The Morgan fingerprint density at radius 1 is 0.800 bits per heavy atom. The van der Waals surface area contributed by atoms with Crippen molar-refractivity contribution < 1.29 is 20.1 Å². The molecule has 0 aliphatic rings. The van der Waals surface area contributed by atoms with Gasteiger partial charge in [0, 0.05) is 11.6 Å². The minimum Gasteiger partial charge on any atom is -0.491 e. The van der Waals surface area contributed by atoms with Crippen LogP contribution < -0.4 is 4.74 Å². The lowest BCUT2D eigenvalue weighted by Crippen LogP contribution is -2.21. The molecule has 0 amide bonds. The summed E-state index contributed by atoms with van der Waals surface area (Å²) in [6.45, 7) is -0.291. The zero-order valence-corrected chi connectivity index (χ0v) is 17.3. The SMILES string of the molecule is OCCC(=C(c1ccc(Cl)cc1)c1ccc(OCC(O)CO)cc1)c1ccccc1. The van der Waals surface area contributed by atoms with Gasteiger partial charge in [0.1, 0.15) is 18.5 Å².